The molecular weight excluding hydrogens is 144 g/mol. The predicted octanol–water partition coefficient (Wildman–Crippen LogP) is 0.365. The van der Waals surface area contributed by atoms with Gasteiger partial charge in [-0.05, 0) is 13.8 Å². The van der Waals surface area contributed by atoms with Crippen molar-refractivity contribution in [1.82, 2.24) is 5.32 Å². The monoisotopic (exact) mass is 154 g/mol. The molecule has 2 N–H and O–H groups in total. The lowest BCUT2D eigenvalue weighted by Crippen LogP contribution is -2.39. The highest BCUT2D eigenvalue weighted by molar-refractivity contribution is 5.94. The number of aliphatic carboxylic acids is 1. The fourth-order valence-corrected chi connectivity index (χ4v) is 0.784. The molecule has 1 heterocycles. The Morgan fingerprint density at radius 3 is 2.82 bits per heavy atom. The lowest BCUT2D eigenvalue weighted by atomic mass is 10.2. The molecule has 1 aliphatic rings. The van der Waals surface area contributed by atoms with Crippen LogP contribution in [0, 0.1) is 0 Å². The second-order valence-electron chi connectivity index (χ2n) is 2.45. The number of carboxylic acids is 1. The Balaban J connectivity index is 2.74. The third-order valence-electron chi connectivity index (χ3n) is 1.60. The van der Waals surface area contributed by atoms with E-state index in [4.69, 9.17) is 5.11 Å². The topological polar surface area (TPSA) is 61.7 Å². The van der Waals surface area contributed by atoms with Crippen LogP contribution < -0.4 is 5.32 Å². The maximum atomic E-state index is 10.4. The number of aliphatic imine (C=N–C) groups is 1. The number of hydrogen-bond acceptors (Lipinski definition) is 3. The van der Waals surface area contributed by atoms with Crippen molar-refractivity contribution < 1.29 is 9.90 Å². The molecule has 0 saturated carbocycles. The molecule has 1 atom stereocenters. The molecule has 0 bridgehead atoms. The van der Waals surface area contributed by atoms with Crippen molar-refractivity contribution in [3.8, 4) is 0 Å². The predicted molar refractivity (Wildman–Crippen MR) is 41.4 cm³/mol. The molecule has 1 aliphatic heterocycles. The Hall–Kier alpha value is -1.32. The van der Waals surface area contributed by atoms with Gasteiger partial charge in [0.2, 0.25) is 0 Å². The van der Waals surface area contributed by atoms with E-state index in [-0.39, 0.29) is 0 Å². The van der Waals surface area contributed by atoms with Gasteiger partial charge < -0.3 is 10.4 Å². The van der Waals surface area contributed by atoms with Gasteiger partial charge in [0.15, 0.2) is 6.04 Å². The Labute approximate surface area is 64.6 Å². The quantitative estimate of drug-likeness (QED) is 0.573. The molecule has 0 spiro atoms. The third kappa shape index (κ3) is 1.58. The van der Waals surface area contributed by atoms with E-state index in [0.717, 1.165) is 11.4 Å². The Kier molecular flexibility index (Phi) is 1.94. The van der Waals surface area contributed by atoms with E-state index < -0.39 is 12.0 Å². The summed E-state index contributed by atoms with van der Waals surface area (Å²) in [4.78, 5) is 14.4. The average molecular weight is 154 g/mol. The standard InChI is InChI=1S/C7H10N2O2/c1-4-5(2)9-6(3-8-4)7(10)11/h3,6,9H,1-2H3,(H,10,11). The van der Waals surface area contributed by atoms with Crippen LogP contribution in [0.4, 0.5) is 0 Å². The lowest BCUT2D eigenvalue weighted by molar-refractivity contribution is -0.137. The smallest absolute Gasteiger partial charge is 0.331 e. The summed E-state index contributed by atoms with van der Waals surface area (Å²) < 4.78 is 0. The second-order valence-corrected chi connectivity index (χ2v) is 2.45. The van der Waals surface area contributed by atoms with Gasteiger partial charge in [-0.15, -0.1) is 0 Å². The first-order valence-electron chi connectivity index (χ1n) is 3.32. The van der Waals surface area contributed by atoms with Gasteiger partial charge in [-0.3, -0.25) is 4.99 Å². The van der Waals surface area contributed by atoms with E-state index >= 15 is 0 Å². The number of rotatable bonds is 1. The minimum Gasteiger partial charge on any atom is -0.479 e. The van der Waals surface area contributed by atoms with Crippen molar-refractivity contribution in [2.75, 3.05) is 0 Å². The maximum Gasteiger partial charge on any atom is 0.331 e. The van der Waals surface area contributed by atoms with Gasteiger partial charge in [0.1, 0.15) is 0 Å². The Morgan fingerprint density at radius 2 is 2.36 bits per heavy atom. The summed E-state index contributed by atoms with van der Waals surface area (Å²) in [6, 6.07) is -0.668. The van der Waals surface area contributed by atoms with Crippen LogP contribution in [0.25, 0.3) is 0 Å². The van der Waals surface area contributed by atoms with Crippen LogP contribution in [0.15, 0.2) is 16.4 Å². The number of carbonyl (C=O) groups is 1. The van der Waals surface area contributed by atoms with Gasteiger partial charge in [-0.1, -0.05) is 0 Å². The molecule has 1 unspecified atom stereocenters. The summed E-state index contributed by atoms with van der Waals surface area (Å²) in [5.41, 5.74) is 1.66. The number of nitrogens with one attached hydrogen (secondary N) is 1. The van der Waals surface area contributed by atoms with Crippen molar-refractivity contribution in [3.05, 3.63) is 11.4 Å². The van der Waals surface area contributed by atoms with Crippen LogP contribution >= 0.6 is 0 Å². The van der Waals surface area contributed by atoms with Crippen LogP contribution in [-0.4, -0.2) is 23.3 Å². The normalized spacial score (nSPS) is 23.3. The molecule has 1 rings (SSSR count). The van der Waals surface area contributed by atoms with Gasteiger partial charge >= 0.3 is 5.97 Å². The van der Waals surface area contributed by atoms with E-state index in [2.05, 4.69) is 10.3 Å². The van der Waals surface area contributed by atoms with Gasteiger partial charge in [-0.2, -0.15) is 0 Å². The van der Waals surface area contributed by atoms with Crippen molar-refractivity contribution >= 4 is 12.2 Å². The van der Waals surface area contributed by atoms with Gasteiger partial charge in [0.25, 0.3) is 0 Å². The minimum atomic E-state index is -0.902. The zero-order valence-corrected chi connectivity index (χ0v) is 6.46. The molecule has 60 valence electrons. The van der Waals surface area contributed by atoms with Gasteiger partial charge in [0.05, 0.1) is 5.70 Å². The molecule has 4 heteroatoms. The molecule has 11 heavy (non-hydrogen) atoms. The summed E-state index contributed by atoms with van der Waals surface area (Å²) in [6.07, 6.45) is 1.39. The Morgan fingerprint density at radius 1 is 1.73 bits per heavy atom. The highest BCUT2D eigenvalue weighted by Crippen LogP contribution is 2.06. The molecule has 0 radical (unpaired) electrons. The number of nitrogens with zero attached hydrogens (tertiary/aromatic N) is 1. The van der Waals surface area contributed by atoms with Gasteiger partial charge in [0, 0.05) is 11.9 Å². The summed E-state index contributed by atoms with van der Waals surface area (Å²) in [5.74, 6) is -0.902. The van der Waals surface area contributed by atoms with E-state index in [9.17, 15) is 4.79 Å². The molecule has 0 amide bonds. The van der Waals surface area contributed by atoms with E-state index in [1.807, 2.05) is 13.8 Å². The zero-order chi connectivity index (χ0) is 8.43. The van der Waals surface area contributed by atoms with Crippen LogP contribution in [0.5, 0.6) is 0 Å². The lowest BCUT2D eigenvalue weighted by Gasteiger charge is -2.16. The number of carboxylic acid groups (broad SMARTS) is 1. The zero-order valence-electron chi connectivity index (χ0n) is 6.46. The van der Waals surface area contributed by atoms with Crippen LogP contribution in [0.2, 0.25) is 0 Å². The maximum absolute atomic E-state index is 10.4. The highest BCUT2D eigenvalue weighted by Gasteiger charge is 2.17. The Bertz CT molecular complexity index is 243. The van der Waals surface area contributed by atoms with Crippen LogP contribution in [0.1, 0.15) is 13.8 Å². The van der Waals surface area contributed by atoms with Crippen LogP contribution in [-0.2, 0) is 4.79 Å². The number of allylic oxidation sites excluding steroid dienone is 2. The molecule has 0 aromatic heterocycles. The minimum absolute atomic E-state index is 0.668. The van der Waals surface area contributed by atoms with E-state index in [1.54, 1.807) is 0 Å². The van der Waals surface area contributed by atoms with E-state index in [1.165, 1.54) is 6.21 Å². The SMILES string of the molecule is CC1=C(C)NC(C(=O)O)C=N1. The molecule has 0 aliphatic carbocycles. The van der Waals surface area contributed by atoms with Crippen molar-refractivity contribution in [1.29, 1.82) is 0 Å². The number of hydrogen-bond donors (Lipinski definition) is 2. The van der Waals surface area contributed by atoms with Crippen molar-refractivity contribution in [2.45, 2.75) is 19.9 Å². The van der Waals surface area contributed by atoms with Crippen LogP contribution in [0.3, 0.4) is 0 Å². The first-order valence-corrected chi connectivity index (χ1v) is 3.32. The summed E-state index contributed by atoms with van der Waals surface area (Å²) >= 11 is 0. The summed E-state index contributed by atoms with van der Waals surface area (Å²) in [7, 11) is 0. The first-order chi connectivity index (χ1) is 5.11. The molecule has 0 fully saturated rings. The second kappa shape index (κ2) is 2.74. The molecule has 0 saturated heterocycles. The highest BCUT2D eigenvalue weighted by atomic mass is 16.4. The van der Waals surface area contributed by atoms with Crippen molar-refractivity contribution in [2.24, 2.45) is 4.99 Å². The fourth-order valence-electron chi connectivity index (χ4n) is 0.784. The van der Waals surface area contributed by atoms with Crippen molar-refractivity contribution in [3.63, 3.8) is 0 Å². The summed E-state index contributed by atoms with van der Waals surface area (Å²) in [6.45, 7) is 3.64. The average Bonchev–Trinajstić information content (AvgIpc) is 1.94. The molecule has 0 aromatic carbocycles. The third-order valence-corrected chi connectivity index (χ3v) is 1.60. The fraction of sp³-hybridized carbons (Fsp3) is 0.429. The molecule has 0 aromatic rings. The van der Waals surface area contributed by atoms with Gasteiger partial charge in [-0.25, -0.2) is 4.79 Å². The first kappa shape index (κ1) is 7.78. The molecule has 4 nitrogen and oxygen atoms in total. The van der Waals surface area contributed by atoms with E-state index in [0.29, 0.717) is 0 Å². The largest absolute Gasteiger partial charge is 0.479 e. The molecular formula is C7H10N2O2. The summed E-state index contributed by atoms with van der Waals surface area (Å²) in [5, 5.41) is 11.4.